The van der Waals surface area contributed by atoms with Gasteiger partial charge in [0.2, 0.25) is 10.0 Å². The number of thiophene rings is 1. The van der Waals surface area contributed by atoms with Gasteiger partial charge >= 0.3 is 0 Å². The number of sulfonamides is 1. The highest BCUT2D eigenvalue weighted by molar-refractivity contribution is 9.11. The summed E-state index contributed by atoms with van der Waals surface area (Å²) in [5.41, 5.74) is 0. The number of nitrogens with one attached hydrogen (secondary N) is 1. The standard InChI is InChI=1S/C13H22BrNO3S2/c1-2-3-4-5-6-7-8-15-20(17,18)12-9-11(10-16)19-13(12)14/h9,15-16H,2-8,10H2,1H3. The molecule has 0 saturated heterocycles. The normalized spacial score (nSPS) is 11.9. The Labute approximate surface area is 133 Å². The van der Waals surface area contributed by atoms with Gasteiger partial charge in [-0.2, -0.15) is 0 Å². The molecule has 0 aromatic carbocycles. The Bertz CT molecular complexity index is 500. The number of aliphatic hydroxyl groups excluding tert-OH is 1. The molecule has 0 radical (unpaired) electrons. The minimum Gasteiger partial charge on any atom is -0.391 e. The van der Waals surface area contributed by atoms with Gasteiger partial charge in [0.25, 0.3) is 0 Å². The number of unbranched alkanes of at least 4 members (excludes halogenated alkanes) is 5. The first-order chi connectivity index (χ1) is 9.51. The van der Waals surface area contributed by atoms with E-state index in [1.807, 2.05) is 0 Å². The quantitative estimate of drug-likeness (QED) is 0.606. The van der Waals surface area contributed by atoms with Crippen LogP contribution in [-0.4, -0.2) is 20.1 Å². The largest absolute Gasteiger partial charge is 0.391 e. The van der Waals surface area contributed by atoms with Gasteiger partial charge in [0, 0.05) is 11.4 Å². The fraction of sp³-hybridized carbons (Fsp3) is 0.692. The van der Waals surface area contributed by atoms with Gasteiger partial charge in [0.15, 0.2) is 0 Å². The average Bonchev–Trinajstić information content (AvgIpc) is 2.80. The monoisotopic (exact) mass is 383 g/mol. The second kappa shape index (κ2) is 9.15. The Morgan fingerprint density at radius 2 is 1.90 bits per heavy atom. The molecule has 0 spiro atoms. The van der Waals surface area contributed by atoms with Crippen LogP contribution in [-0.2, 0) is 16.6 Å². The molecular formula is C13H22BrNO3S2. The van der Waals surface area contributed by atoms with Crippen molar-refractivity contribution in [2.45, 2.75) is 57.0 Å². The van der Waals surface area contributed by atoms with E-state index >= 15 is 0 Å². The predicted octanol–water partition coefficient (Wildman–Crippen LogP) is 3.64. The third-order valence-electron chi connectivity index (χ3n) is 2.97. The van der Waals surface area contributed by atoms with Crippen LogP contribution in [0, 0.1) is 0 Å². The summed E-state index contributed by atoms with van der Waals surface area (Å²) in [5.74, 6) is 0. The van der Waals surface area contributed by atoms with Crippen molar-refractivity contribution in [2.75, 3.05) is 6.54 Å². The van der Waals surface area contributed by atoms with E-state index in [4.69, 9.17) is 5.11 Å². The molecule has 1 heterocycles. The molecule has 20 heavy (non-hydrogen) atoms. The zero-order valence-corrected chi connectivity index (χ0v) is 14.9. The molecular weight excluding hydrogens is 362 g/mol. The van der Waals surface area contributed by atoms with Gasteiger partial charge in [-0.05, 0) is 28.4 Å². The molecule has 0 bridgehead atoms. The van der Waals surface area contributed by atoms with Crippen LogP contribution in [0.4, 0.5) is 0 Å². The summed E-state index contributed by atoms with van der Waals surface area (Å²) in [7, 11) is -3.48. The molecule has 0 fully saturated rings. The van der Waals surface area contributed by atoms with Gasteiger partial charge in [0.1, 0.15) is 4.90 Å². The summed E-state index contributed by atoms with van der Waals surface area (Å²) < 4.78 is 27.4. The van der Waals surface area contributed by atoms with E-state index in [9.17, 15) is 8.42 Å². The van der Waals surface area contributed by atoms with Crippen molar-refractivity contribution in [3.8, 4) is 0 Å². The molecule has 0 amide bonds. The maximum Gasteiger partial charge on any atom is 0.242 e. The number of halogens is 1. The van der Waals surface area contributed by atoms with E-state index in [-0.39, 0.29) is 11.5 Å². The third kappa shape index (κ3) is 5.81. The maximum atomic E-state index is 12.1. The molecule has 0 aliphatic carbocycles. The lowest BCUT2D eigenvalue weighted by atomic mass is 10.1. The summed E-state index contributed by atoms with van der Waals surface area (Å²) in [6, 6.07) is 1.51. The fourth-order valence-corrected chi connectivity index (χ4v) is 5.46. The highest BCUT2D eigenvalue weighted by Crippen LogP contribution is 2.31. The van der Waals surface area contributed by atoms with Crippen molar-refractivity contribution in [1.82, 2.24) is 4.72 Å². The van der Waals surface area contributed by atoms with Crippen LogP contribution in [0.3, 0.4) is 0 Å². The van der Waals surface area contributed by atoms with Crippen molar-refractivity contribution in [3.05, 3.63) is 14.7 Å². The zero-order valence-electron chi connectivity index (χ0n) is 11.7. The molecule has 1 aromatic heterocycles. The van der Waals surface area contributed by atoms with Gasteiger partial charge in [-0.25, -0.2) is 13.1 Å². The Morgan fingerprint density at radius 1 is 1.25 bits per heavy atom. The Morgan fingerprint density at radius 3 is 2.50 bits per heavy atom. The van der Waals surface area contributed by atoms with Gasteiger partial charge in [-0.15, -0.1) is 11.3 Å². The zero-order chi connectivity index (χ0) is 15.0. The molecule has 4 nitrogen and oxygen atoms in total. The molecule has 116 valence electrons. The minimum absolute atomic E-state index is 0.143. The van der Waals surface area contributed by atoms with Crippen LogP contribution >= 0.6 is 27.3 Å². The first-order valence-corrected chi connectivity index (χ1v) is 9.99. The van der Waals surface area contributed by atoms with Crippen LogP contribution in [0.25, 0.3) is 0 Å². The van der Waals surface area contributed by atoms with E-state index in [1.165, 1.54) is 36.7 Å². The van der Waals surface area contributed by atoms with E-state index in [1.54, 1.807) is 0 Å². The summed E-state index contributed by atoms with van der Waals surface area (Å²) >= 11 is 4.47. The van der Waals surface area contributed by atoms with Crippen LogP contribution in [0.2, 0.25) is 0 Å². The SMILES string of the molecule is CCCCCCCCNS(=O)(=O)c1cc(CO)sc1Br. The minimum atomic E-state index is -3.48. The molecule has 0 atom stereocenters. The molecule has 0 aliphatic heterocycles. The number of hydrogen-bond donors (Lipinski definition) is 2. The molecule has 7 heteroatoms. The summed E-state index contributed by atoms with van der Waals surface area (Å²) in [6.07, 6.45) is 6.75. The van der Waals surface area contributed by atoms with Crippen molar-refractivity contribution in [1.29, 1.82) is 0 Å². The van der Waals surface area contributed by atoms with Crippen LogP contribution in [0.5, 0.6) is 0 Å². The first kappa shape index (κ1) is 18.1. The van der Waals surface area contributed by atoms with Gasteiger partial charge in [-0.3, -0.25) is 0 Å². The molecule has 0 unspecified atom stereocenters. The second-order valence-corrected chi connectivity index (χ2v) is 8.86. The first-order valence-electron chi connectivity index (χ1n) is 6.90. The van der Waals surface area contributed by atoms with Crippen molar-refractivity contribution >= 4 is 37.3 Å². The van der Waals surface area contributed by atoms with E-state index < -0.39 is 10.0 Å². The van der Waals surface area contributed by atoms with Crippen molar-refractivity contribution in [3.63, 3.8) is 0 Å². The van der Waals surface area contributed by atoms with E-state index in [2.05, 4.69) is 27.6 Å². The lowest BCUT2D eigenvalue weighted by molar-refractivity contribution is 0.285. The Kier molecular flexibility index (Phi) is 8.28. The second-order valence-electron chi connectivity index (χ2n) is 4.67. The van der Waals surface area contributed by atoms with Crippen molar-refractivity contribution < 1.29 is 13.5 Å². The molecule has 1 rings (SSSR count). The Balaban J connectivity index is 2.40. The number of hydrogen-bond acceptors (Lipinski definition) is 4. The molecule has 1 aromatic rings. The van der Waals surface area contributed by atoms with Crippen molar-refractivity contribution in [2.24, 2.45) is 0 Å². The smallest absolute Gasteiger partial charge is 0.242 e. The highest BCUT2D eigenvalue weighted by Gasteiger charge is 2.20. The summed E-state index contributed by atoms with van der Waals surface area (Å²) in [4.78, 5) is 0.856. The summed E-state index contributed by atoms with van der Waals surface area (Å²) in [6.45, 7) is 2.49. The van der Waals surface area contributed by atoms with Crippen LogP contribution in [0.1, 0.15) is 50.3 Å². The Hall–Kier alpha value is 0.0500. The maximum absolute atomic E-state index is 12.1. The van der Waals surface area contributed by atoms with E-state index in [0.29, 0.717) is 15.2 Å². The van der Waals surface area contributed by atoms with Gasteiger partial charge in [-0.1, -0.05) is 39.0 Å². The molecule has 2 N–H and O–H groups in total. The number of rotatable bonds is 10. The lowest BCUT2D eigenvalue weighted by Crippen LogP contribution is -2.24. The van der Waals surface area contributed by atoms with Crippen LogP contribution in [0.15, 0.2) is 14.7 Å². The highest BCUT2D eigenvalue weighted by atomic mass is 79.9. The lowest BCUT2D eigenvalue weighted by Gasteiger charge is -2.05. The van der Waals surface area contributed by atoms with Gasteiger partial charge < -0.3 is 5.11 Å². The summed E-state index contributed by atoms with van der Waals surface area (Å²) in [5, 5.41) is 9.03. The number of aliphatic hydroxyl groups is 1. The molecule has 0 aliphatic rings. The van der Waals surface area contributed by atoms with Crippen LogP contribution < -0.4 is 4.72 Å². The average molecular weight is 384 g/mol. The van der Waals surface area contributed by atoms with Gasteiger partial charge in [0.05, 0.1) is 10.4 Å². The fourth-order valence-electron chi connectivity index (χ4n) is 1.85. The topological polar surface area (TPSA) is 66.4 Å². The predicted molar refractivity (Wildman–Crippen MR) is 86.5 cm³/mol. The van der Waals surface area contributed by atoms with E-state index in [0.717, 1.165) is 19.3 Å². The third-order valence-corrected chi connectivity index (χ3v) is 6.67. The molecule has 0 saturated carbocycles.